The molecule has 0 aliphatic heterocycles. The van der Waals surface area contributed by atoms with Gasteiger partial charge in [0.15, 0.2) is 0 Å². The van der Waals surface area contributed by atoms with Crippen LogP contribution < -0.4 is 10.1 Å². The summed E-state index contributed by atoms with van der Waals surface area (Å²) in [6, 6.07) is 21.0. The Morgan fingerprint density at radius 1 is 1.00 bits per heavy atom. The second kappa shape index (κ2) is 8.19. The molecular formula is C24H21FN2O2. The lowest BCUT2D eigenvalue weighted by molar-refractivity contribution is 0.340. The molecule has 1 atom stereocenters. The van der Waals surface area contributed by atoms with E-state index in [0.717, 1.165) is 22.4 Å². The van der Waals surface area contributed by atoms with Gasteiger partial charge in [-0.1, -0.05) is 30.3 Å². The lowest BCUT2D eigenvalue weighted by Crippen LogP contribution is -2.13. The van der Waals surface area contributed by atoms with Crippen molar-refractivity contribution >= 4 is 16.6 Å². The van der Waals surface area contributed by atoms with Crippen LogP contribution in [-0.4, -0.2) is 16.7 Å². The number of aromatic hydroxyl groups is 1. The number of nitrogens with one attached hydrogen (secondary N) is 1. The average Bonchev–Trinajstić information content (AvgIpc) is 2.75. The molecule has 0 aliphatic rings. The zero-order valence-electron chi connectivity index (χ0n) is 16.0. The van der Waals surface area contributed by atoms with E-state index in [1.165, 1.54) is 12.1 Å². The van der Waals surface area contributed by atoms with Crippen LogP contribution in [-0.2, 0) is 0 Å². The standard InChI is InChI=1S/C24H21FN2O2/c1-2-29-20-12-10-19(11-13-20)27-22(17-5-8-18(25)9-6-17)21-14-7-16-4-3-15-26-23(16)24(21)28/h3-15,22,27-28H,2H2,1H3. The van der Waals surface area contributed by atoms with Gasteiger partial charge in [0.1, 0.15) is 22.8 Å². The molecule has 3 aromatic carbocycles. The summed E-state index contributed by atoms with van der Waals surface area (Å²) in [6.07, 6.45) is 1.65. The van der Waals surface area contributed by atoms with E-state index in [1.54, 1.807) is 18.3 Å². The first-order valence-corrected chi connectivity index (χ1v) is 9.47. The normalized spacial score (nSPS) is 11.9. The van der Waals surface area contributed by atoms with Gasteiger partial charge in [0, 0.05) is 22.8 Å². The summed E-state index contributed by atoms with van der Waals surface area (Å²) >= 11 is 0. The first-order valence-electron chi connectivity index (χ1n) is 9.47. The quantitative estimate of drug-likeness (QED) is 0.446. The SMILES string of the molecule is CCOc1ccc(NC(c2ccc(F)cc2)c2ccc3cccnc3c2O)cc1. The summed E-state index contributed by atoms with van der Waals surface area (Å²) in [5.74, 6) is 0.586. The summed E-state index contributed by atoms with van der Waals surface area (Å²) in [7, 11) is 0. The zero-order valence-corrected chi connectivity index (χ0v) is 16.0. The number of phenols is 1. The van der Waals surface area contributed by atoms with Crippen LogP contribution in [0.4, 0.5) is 10.1 Å². The van der Waals surface area contributed by atoms with E-state index < -0.39 is 0 Å². The van der Waals surface area contributed by atoms with Crippen LogP contribution in [0.2, 0.25) is 0 Å². The van der Waals surface area contributed by atoms with Crippen molar-refractivity contribution in [3.8, 4) is 11.5 Å². The van der Waals surface area contributed by atoms with Crippen LogP contribution in [0.25, 0.3) is 10.9 Å². The fourth-order valence-electron chi connectivity index (χ4n) is 3.35. The molecule has 0 saturated heterocycles. The summed E-state index contributed by atoms with van der Waals surface area (Å²) in [6.45, 7) is 2.54. The van der Waals surface area contributed by atoms with Crippen molar-refractivity contribution in [2.24, 2.45) is 0 Å². The van der Waals surface area contributed by atoms with Crippen molar-refractivity contribution in [1.29, 1.82) is 0 Å². The Bertz CT molecular complexity index is 1110. The second-order valence-electron chi connectivity index (χ2n) is 6.66. The number of halogens is 1. The van der Waals surface area contributed by atoms with Crippen molar-refractivity contribution in [3.05, 3.63) is 95.9 Å². The Balaban J connectivity index is 1.76. The molecule has 0 bridgehead atoms. The number of phenolic OH excluding ortho intramolecular Hbond substituents is 1. The highest BCUT2D eigenvalue weighted by Crippen LogP contribution is 2.36. The predicted octanol–water partition coefficient (Wildman–Crippen LogP) is 5.68. The Morgan fingerprint density at radius 2 is 1.76 bits per heavy atom. The van der Waals surface area contributed by atoms with Gasteiger partial charge in [-0.15, -0.1) is 0 Å². The molecule has 5 heteroatoms. The van der Waals surface area contributed by atoms with Gasteiger partial charge in [0.25, 0.3) is 0 Å². The van der Waals surface area contributed by atoms with Crippen molar-refractivity contribution in [3.63, 3.8) is 0 Å². The summed E-state index contributed by atoms with van der Waals surface area (Å²) in [4.78, 5) is 4.32. The number of hydrogen-bond donors (Lipinski definition) is 2. The molecule has 1 unspecified atom stereocenters. The number of nitrogens with zero attached hydrogens (tertiary/aromatic N) is 1. The number of fused-ring (bicyclic) bond motifs is 1. The van der Waals surface area contributed by atoms with Crippen LogP contribution in [0, 0.1) is 5.82 Å². The van der Waals surface area contributed by atoms with Crippen LogP contribution in [0.3, 0.4) is 0 Å². The number of benzene rings is 3. The van der Waals surface area contributed by atoms with E-state index in [1.807, 2.05) is 55.5 Å². The van der Waals surface area contributed by atoms with E-state index in [2.05, 4.69) is 10.3 Å². The lowest BCUT2D eigenvalue weighted by atomic mass is 9.96. The first kappa shape index (κ1) is 18.7. The van der Waals surface area contributed by atoms with Crippen molar-refractivity contribution < 1.29 is 14.2 Å². The Morgan fingerprint density at radius 3 is 2.48 bits per heavy atom. The second-order valence-corrected chi connectivity index (χ2v) is 6.66. The topological polar surface area (TPSA) is 54.4 Å². The average molecular weight is 388 g/mol. The maximum absolute atomic E-state index is 13.5. The van der Waals surface area contributed by atoms with E-state index in [4.69, 9.17) is 4.74 Å². The highest BCUT2D eigenvalue weighted by Gasteiger charge is 2.20. The molecule has 146 valence electrons. The summed E-state index contributed by atoms with van der Waals surface area (Å²) in [5.41, 5.74) is 2.87. The van der Waals surface area contributed by atoms with Crippen molar-refractivity contribution in [2.75, 3.05) is 11.9 Å². The highest BCUT2D eigenvalue weighted by atomic mass is 19.1. The monoisotopic (exact) mass is 388 g/mol. The van der Waals surface area contributed by atoms with Gasteiger partial charge in [0.05, 0.1) is 12.6 Å². The minimum absolute atomic E-state index is 0.107. The minimum Gasteiger partial charge on any atom is -0.505 e. The molecule has 0 fully saturated rings. The van der Waals surface area contributed by atoms with E-state index in [0.29, 0.717) is 17.7 Å². The van der Waals surface area contributed by atoms with E-state index >= 15 is 0 Å². The van der Waals surface area contributed by atoms with Gasteiger partial charge in [-0.3, -0.25) is 4.98 Å². The first-order chi connectivity index (χ1) is 14.2. The van der Waals surface area contributed by atoms with Gasteiger partial charge in [-0.2, -0.15) is 0 Å². The molecule has 0 spiro atoms. The van der Waals surface area contributed by atoms with Gasteiger partial charge in [-0.05, 0) is 55.0 Å². The van der Waals surface area contributed by atoms with Crippen LogP contribution in [0.1, 0.15) is 24.1 Å². The molecule has 0 aliphatic carbocycles. The maximum Gasteiger partial charge on any atom is 0.147 e. The predicted molar refractivity (Wildman–Crippen MR) is 113 cm³/mol. The molecule has 4 nitrogen and oxygen atoms in total. The minimum atomic E-state index is -0.389. The summed E-state index contributed by atoms with van der Waals surface area (Å²) in [5, 5.41) is 15.2. The smallest absolute Gasteiger partial charge is 0.147 e. The van der Waals surface area contributed by atoms with Gasteiger partial charge in [-0.25, -0.2) is 4.39 Å². The number of anilines is 1. The molecule has 0 amide bonds. The van der Waals surface area contributed by atoms with Gasteiger partial charge < -0.3 is 15.2 Å². The fraction of sp³-hybridized carbons (Fsp3) is 0.125. The van der Waals surface area contributed by atoms with E-state index in [9.17, 15) is 9.50 Å². The third-order valence-electron chi connectivity index (χ3n) is 4.77. The van der Waals surface area contributed by atoms with Gasteiger partial charge >= 0.3 is 0 Å². The Labute approximate surface area is 168 Å². The number of pyridine rings is 1. The van der Waals surface area contributed by atoms with Crippen molar-refractivity contribution in [2.45, 2.75) is 13.0 Å². The fourth-order valence-corrected chi connectivity index (χ4v) is 3.35. The number of ether oxygens (including phenoxy) is 1. The molecule has 29 heavy (non-hydrogen) atoms. The number of aromatic nitrogens is 1. The van der Waals surface area contributed by atoms with Crippen LogP contribution >= 0.6 is 0 Å². The molecule has 0 radical (unpaired) electrons. The summed E-state index contributed by atoms with van der Waals surface area (Å²) < 4.78 is 19.0. The van der Waals surface area contributed by atoms with E-state index in [-0.39, 0.29) is 17.6 Å². The highest BCUT2D eigenvalue weighted by molar-refractivity contribution is 5.86. The third kappa shape index (κ3) is 3.99. The molecule has 0 saturated carbocycles. The van der Waals surface area contributed by atoms with Gasteiger partial charge in [0.2, 0.25) is 0 Å². The van der Waals surface area contributed by atoms with Crippen LogP contribution in [0.15, 0.2) is 79.0 Å². The van der Waals surface area contributed by atoms with Crippen LogP contribution in [0.5, 0.6) is 11.5 Å². The number of hydrogen-bond acceptors (Lipinski definition) is 4. The maximum atomic E-state index is 13.5. The largest absolute Gasteiger partial charge is 0.505 e. The lowest BCUT2D eigenvalue weighted by Gasteiger charge is -2.23. The number of rotatable bonds is 6. The molecule has 1 aromatic heterocycles. The molecular weight excluding hydrogens is 367 g/mol. The molecule has 4 aromatic rings. The van der Waals surface area contributed by atoms with Crippen molar-refractivity contribution in [1.82, 2.24) is 4.98 Å². The molecule has 4 rings (SSSR count). The molecule has 2 N–H and O–H groups in total. The Hall–Kier alpha value is -3.60. The Kier molecular flexibility index (Phi) is 5.29. The molecule has 1 heterocycles. The third-order valence-corrected chi connectivity index (χ3v) is 4.77. The zero-order chi connectivity index (χ0) is 20.2.